The topological polar surface area (TPSA) is 21.3 Å². The van der Waals surface area contributed by atoms with Crippen molar-refractivity contribution < 1.29 is 17.9 Å². The molecule has 1 heterocycles. The van der Waals surface area contributed by atoms with Crippen molar-refractivity contribution in [1.82, 2.24) is 0 Å². The summed E-state index contributed by atoms with van der Waals surface area (Å²) in [6.45, 7) is 1.14. The van der Waals surface area contributed by atoms with Gasteiger partial charge in [-0.05, 0) is 12.8 Å². The summed E-state index contributed by atoms with van der Waals surface area (Å²) < 4.78 is 44.4. The molecule has 1 fully saturated rings. The van der Waals surface area contributed by atoms with E-state index in [1.165, 1.54) is 0 Å². The molecule has 1 aromatic carbocycles. The summed E-state index contributed by atoms with van der Waals surface area (Å²) in [7, 11) is 0. The lowest BCUT2D eigenvalue weighted by molar-refractivity contribution is 0.0903. The zero-order valence-corrected chi connectivity index (χ0v) is 8.60. The molecule has 1 aliphatic heterocycles. The molecule has 0 aromatic heterocycles. The zero-order valence-electron chi connectivity index (χ0n) is 8.60. The largest absolute Gasteiger partial charge is 0.381 e. The lowest BCUT2D eigenvalue weighted by atomic mass is 10.1. The average Bonchev–Trinajstić information content (AvgIpc) is 2.25. The third-order valence-electron chi connectivity index (χ3n) is 2.58. The molecule has 0 radical (unpaired) electrons. The first-order valence-electron chi connectivity index (χ1n) is 5.15. The van der Waals surface area contributed by atoms with E-state index >= 15 is 0 Å². The van der Waals surface area contributed by atoms with E-state index in [0.29, 0.717) is 38.2 Å². The van der Waals surface area contributed by atoms with Gasteiger partial charge < -0.3 is 10.1 Å². The fourth-order valence-electron chi connectivity index (χ4n) is 1.73. The van der Waals surface area contributed by atoms with Crippen LogP contribution in [0.1, 0.15) is 12.8 Å². The molecule has 2 nitrogen and oxygen atoms in total. The molecular weight excluding hydrogens is 219 g/mol. The highest BCUT2D eigenvalue weighted by molar-refractivity contribution is 5.47. The van der Waals surface area contributed by atoms with E-state index in [-0.39, 0.29) is 11.7 Å². The Morgan fingerprint density at radius 3 is 2.19 bits per heavy atom. The van der Waals surface area contributed by atoms with Crippen molar-refractivity contribution in [2.75, 3.05) is 18.5 Å². The number of hydrogen-bond donors (Lipinski definition) is 1. The van der Waals surface area contributed by atoms with Crippen LogP contribution >= 0.6 is 0 Å². The lowest BCUT2D eigenvalue weighted by Crippen LogP contribution is -2.28. The van der Waals surface area contributed by atoms with Crippen LogP contribution in [-0.2, 0) is 4.74 Å². The smallest absolute Gasteiger partial charge is 0.152 e. The molecule has 0 aliphatic carbocycles. The predicted molar refractivity (Wildman–Crippen MR) is 53.8 cm³/mol. The second-order valence-corrected chi connectivity index (χ2v) is 3.78. The lowest BCUT2D eigenvalue weighted by Gasteiger charge is -2.24. The second kappa shape index (κ2) is 4.74. The minimum atomic E-state index is -0.910. The van der Waals surface area contributed by atoms with Gasteiger partial charge in [0.05, 0.1) is 0 Å². The number of nitrogens with one attached hydrogen (secondary N) is 1. The van der Waals surface area contributed by atoms with Crippen LogP contribution in [0.2, 0.25) is 0 Å². The van der Waals surface area contributed by atoms with Crippen molar-refractivity contribution in [1.29, 1.82) is 0 Å². The minimum absolute atomic E-state index is 0.0248. The van der Waals surface area contributed by atoms with Gasteiger partial charge in [-0.25, -0.2) is 13.2 Å². The Balaban J connectivity index is 2.14. The standard InChI is InChI=1S/C11H12F3NO/c12-7-5-9(13)11(10(14)6-7)15-8-1-3-16-4-2-8/h5-6,8,15H,1-4H2. The third kappa shape index (κ3) is 2.47. The van der Waals surface area contributed by atoms with E-state index in [4.69, 9.17) is 4.74 Å². The molecule has 1 saturated heterocycles. The molecule has 0 unspecified atom stereocenters. The van der Waals surface area contributed by atoms with E-state index < -0.39 is 17.5 Å². The highest BCUT2D eigenvalue weighted by Gasteiger charge is 2.18. The first-order chi connectivity index (χ1) is 7.66. The van der Waals surface area contributed by atoms with Crippen LogP contribution in [0.15, 0.2) is 12.1 Å². The number of hydrogen-bond acceptors (Lipinski definition) is 2. The summed E-state index contributed by atoms with van der Waals surface area (Å²) in [4.78, 5) is 0. The normalized spacial score (nSPS) is 17.4. The molecule has 1 aliphatic rings. The molecule has 1 N–H and O–H groups in total. The van der Waals surface area contributed by atoms with E-state index in [1.807, 2.05) is 0 Å². The molecular formula is C11H12F3NO. The predicted octanol–water partition coefficient (Wildman–Crippen LogP) is 2.69. The number of halogens is 3. The Labute approximate surface area is 91.4 Å². The Morgan fingerprint density at radius 2 is 1.62 bits per heavy atom. The van der Waals surface area contributed by atoms with E-state index in [2.05, 4.69) is 5.32 Å². The highest BCUT2D eigenvalue weighted by Crippen LogP contribution is 2.23. The molecule has 0 bridgehead atoms. The number of benzene rings is 1. The van der Waals surface area contributed by atoms with Crippen LogP contribution in [0.5, 0.6) is 0 Å². The van der Waals surface area contributed by atoms with Crippen LogP contribution in [0.3, 0.4) is 0 Å². The molecule has 88 valence electrons. The molecule has 0 spiro atoms. The maximum atomic E-state index is 13.3. The summed E-state index contributed by atoms with van der Waals surface area (Å²) in [6.07, 6.45) is 1.38. The summed E-state index contributed by atoms with van der Waals surface area (Å²) in [5.41, 5.74) is -0.256. The van der Waals surface area contributed by atoms with Crippen molar-refractivity contribution in [3.8, 4) is 0 Å². The Kier molecular flexibility index (Phi) is 3.33. The van der Waals surface area contributed by atoms with Crippen LogP contribution in [0.4, 0.5) is 18.9 Å². The monoisotopic (exact) mass is 231 g/mol. The van der Waals surface area contributed by atoms with Crippen LogP contribution in [0.25, 0.3) is 0 Å². The fourth-order valence-corrected chi connectivity index (χ4v) is 1.73. The molecule has 0 atom stereocenters. The van der Waals surface area contributed by atoms with Crippen molar-refractivity contribution >= 4 is 5.69 Å². The zero-order chi connectivity index (χ0) is 11.5. The number of rotatable bonds is 2. The van der Waals surface area contributed by atoms with Gasteiger partial charge in [0.15, 0.2) is 11.6 Å². The Hall–Kier alpha value is -1.23. The maximum Gasteiger partial charge on any atom is 0.152 e. The van der Waals surface area contributed by atoms with Gasteiger partial charge in [0.1, 0.15) is 11.5 Å². The summed E-state index contributed by atoms with van der Waals surface area (Å²) >= 11 is 0. The van der Waals surface area contributed by atoms with E-state index in [9.17, 15) is 13.2 Å². The van der Waals surface area contributed by atoms with Crippen molar-refractivity contribution in [3.05, 3.63) is 29.6 Å². The maximum absolute atomic E-state index is 13.3. The van der Waals surface area contributed by atoms with Crippen LogP contribution in [0, 0.1) is 17.5 Å². The fraction of sp³-hybridized carbons (Fsp3) is 0.455. The van der Waals surface area contributed by atoms with Gasteiger partial charge in [0.2, 0.25) is 0 Å². The van der Waals surface area contributed by atoms with Crippen molar-refractivity contribution in [3.63, 3.8) is 0 Å². The third-order valence-corrected chi connectivity index (χ3v) is 2.58. The molecule has 5 heteroatoms. The van der Waals surface area contributed by atoms with Crippen molar-refractivity contribution in [2.24, 2.45) is 0 Å². The number of ether oxygens (including phenoxy) is 1. The van der Waals surface area contributed by atoms with Gasteiger partial charge in [-0.3, -0.25) is 0 Å². The van der Waals surface area contributed by atoms with Gasteiger partial charge in [0.25, 0.3) is 0 Å². The van der Waals surface area contributed by atoms with Gasteiger partial charge in [-0.15, -0.1) is 0 Å². The second-order valence-electron chi connectivity index (χ2n) is 3.78. The molecule has 16 heavy (non-hydrogen) atoms. The van der Waals surface area contributed by atoms with Gasteiger partial charge in [-0.2, -0.15) is 0 Å². The Bertz CT molecular complexity index is 354. The van der Waals surface area contributed by atoms with Crippen molar-refractivity contribution in [2.45, 2.75) is 18.9 Å². The van der Waals surface area contributed by atoms with Crippen LogP contribution < -0.4 is 5.32 Å². The van der Waals surface area contributed by atoms with Gasteiger partial charge in [0, 0.05) is 31.4 Å². The minimum Gasteiger partial charge on any atom is -0.381 e. The molecule has 2 rings (SSSR count). The first kappa shape index (κ1) is 11.3. The van der Waals surface area contributed by atoms with Gasteiger partial charge >= 0.3 is 0 Å². The molecule has 0 amide bonds. The summed E-state index contributed by atoms with van der Waals surface area (Å²) in [5.74, 6) is -2.71. The van der Waals surface area contributed by atoms with Gasteiger partial charge in [-0.1, -0.05) is 0 Å². The first-order valence-corrected chi connectivity index (χ1v) is 5.15. The summed E-state index contributed by atoms with van der Waals surface area (Å²) in [5, 5.41) is 2.75. The highest BCUT2D eigenvalue weighted by atomic mass is 19.1. The average molecular weight is 231 g/mol. The number of anilines is 1. The molecule has 0 saturated carbocycles. The van der Waals surface area contributed by atoms with E-state index in [0.717, 1.165) is 0 Å². The van der Waals surface area contributed by atoms with Crippen LogP contribution in [-0.4, -0.2) is 19.3 Å². The Morgan fingerprint density at radius 1 is 1.06 bits per heavy atom. The van der Waals surface area contributed by atoms with E-state index in [1.54, 1.807) is 0 Å². The summed E-state index contributed by atoms with van der Waals surface area (Å²) in [6, 6.07) is 1.32. The molecule has 1 aromatic rings. The quantitative estimate of drug-likeness (QED) is 0.844. The SMILES string of the molecule is Fc1cc(F)c(NC2CCOCC2)c(F)c1.